The van der Waals surface area contributed by atoms with Crippen LogP contribution in [0.5, 0.6) is 5.75 Å². The molecule has 0 aromatic carbocycles. The van der Waals surface area contributed by atoms with Gasteiger partial charge in [0, 0.05) is 37.1 Å². The number of nitrogens with one attached hydrogen (secondary N) is 1. The van der Waals surface area contributed by atoms with Crippen LogP contribution in [0.2, 0.25) is 0 Å². The zero-order valence-electron chi connectivity index (χ0n) is 20.4. The maximum Gasteiger partial charge on any atom is 0.573 e. The molecule has 2 amide bonds. The van der Waals surface area contributed by atoms with E-state index in [1.165, 1.54) is 12.3 Å². The van der Waals surface area contributed by atoms with Gasteiger partial charge < -0.3 is 25.4 Å². The number of pyridine rings is 2. The van der Waals surface area contributed by atoms with Gasteiger partial charge in [-0.25, -0.2) is 9.78 Å². The molecule has 0 radical (unpaired) electrons. The number of ether oxygens (including phenoxy) is 2. The summed E-state index contributed by atoms with van der Waals surface area (Å²) >= 11 is 0. The van der Waals surface area contributed by atoms with Crippen LogP contribution in [-0.2, 0) is 22.4 Å². The van der Waals surface area contributed by atoms with Gasteiger partial charge in [-0.15, -0.1) is 13.2 Å². The van der Waals surface area contributed by atoms with Gasteiger partial charge in [-0.2, -0.15) is 5.10 Å². The fourth-order valence-electron chi connectivity index (χ4n) is 5.55. The number of hydrogen-bond acceptors (Lipinski definition) is 7. The lowest BCUT2D eigenvalue weighted by Crippen LogP contribution is -2.55. The normalized spacial score (nSPS) is 22.1. The van der Waals surface area contributed by atoms with Gasteiger partial charge in [0.05, 0.1) is 36.6 Å². The van der Waals surface area contributed by atoms with Crippen LogP contribution in [0.25, 0.3) is 11.3 Å². The van der Waals surface area contributed by atoms with Gasteiger partial charge in [-0.1, -0.05) is 0 Å². The summed E-state index contributed by atoms with van der Waals surface area (Å²) in [7, 11) is 0. The topological polar surface area (TPSA) is 120 Å². The van der Waals surface area contributed by atoms with Crippen molar-refractivity contribution in [3.63, 3.8) is 0 Å². The standard InChI is InChI=1S/C25H26F3N7O3/c26-25(27,28)38-19-12-16(14-31-21(19)29)18-13-20-24(37-11-10-35(20)33-18)6-9-34(15-24)22(36)32-23(4-1-5-23)17-2-7-30-8-3-17/h2-3,7-8,12-14H,1,4-6,9-11,15H2,(H2,29,31)(H,32,36). The van der Waals surface area contributed by atoms with Crippen molar-refractivity contribution in [3.05, 3.63) is 54.1 Å². The number of nitrogen functional groups attached to an aromatic ring is 1. The summed E-state index contributed by atoms with van der Waals surface area (Å²) in [4.78, 5) is 23.1. The molecule has 6 rings (SSSR count). The predicted molar refractivity (Wildman–Crippen MR) is 129 cm³/mol. The monoisotopic (exact) mass is 529 g/mol. The minimum atomic E-state index is -4.90. The fourth-order valence-corrected chi connectivity index (χ4v) is 5.55. The molecule has 3 aromatic heterocycles. The first-order valence-corrected chi connectivity index (χ1v) is 12.4. The molecule has 3 aromatic rings. The molecule has 1 unspecified atom stereocenters. The second-order valence-electron chi connectivity index (χ2n) is 9.91. The Morgan fingerprint density at radius 3 is 2.66 bits per heavy atom. The number of carbonyl (C=O) groups excluding carboxylic acids is 1. The van der Waals surface area contributed by atoms with Crippen molar-refractivity contribution in [1.29, 1.82) is 0 Å². The minimum absolute atomic E-state index is 0.157. The number of hydrogen-bond donors (Lipinski definition) is 2. The van der Waals surface area contributed by atoms with E-state index in [2.05, 4.69) is 25.1 Å². The number of alkyl halides is 3. The van der Waals surface area contributed by atoms with Crippen molar-refractivity contribution in [1.82, 2.24) is 30.0 Å². The molecule has 1 saturated carbocycles. The number of halogens is 3. The molecular formula is C25H26F3N7O3. The minimum Gasteiger partial charge on any atom is -0.402 e. The average molecular weight is 530 g/mol. The molecule has 1 aliphatic carbocycles. The number of urea groups is 1. The van der Waals surface area contributed by atoms with Gasteiger partial charge in [0.2, 0.25) is 0 Å². The molecule has 38 heavy (non-hydrogen) atoms. The SMILES string of the molecule is Nc1ncc(-c2cc3n(n2)CCOC32CCN(C(=O)NC3(c4ccncc4)CCC3)C2)cc1OC(F)(F)F. The Bertz CT molecular complexity index is 1360. The van der Waals surface area contributed by atoms with Crippen LogP contribution < -0.4 is 15.8 Å². The number of anilines is 1. The van der Waals surface area contributed by atoms with E-state index < -0.39 is 23.3 Å². The third-order valence-corrected chi connectivity index (χ3v) is 7.64. The lowest BCUT2D eigenvalue weighted by molar-refractivity contribution is -0.274. The van der Waals surface area contributed by atoms with E-state index >= 15 is 0 Å². The van der Waals surface area contributed by atoms with E-state index in [1.807, 2.05) is 12.1 Å². The van der Waals surface area contributed by atoms with Crippen LogP contribution in [-0.4, -0.2) is 56.7 Å². The predicted octanol–water partition coefficient (Wildman–Crippen LogP) is 3.54. The maximum atomic E-state index is 13.4. The van der Waals surface area contributed by atoms with E-state index in [1.54, 1.807) is 28.0 Å². The van der Waals surface area contributed by atoms with Crippen molar-refractivity contribution >= 4 is 11.8 Å². The molecule has 2 aliphatic heterocycles. The third-order valence-electron chi connectivity index (χ3n) is 7.64. The van der Waals surface area contributed by atoms with Crippen LogP contribution >= 0.6 is 0 Å². The number of amides is 2. The molecule has 1 atom stereocenters. The van der Waals surface area contributed by atoms with Crippen LogP contribution in [0.4, 0.5) is 23.8 Å². The fraction of sp³-hybridized carbons (Fsp3) is 0.440. The van der Waals surface area contributed by atoms with E-state index in [9.17, 15) is 18.0 Å². The van der Waals surface area contributed by atoms with Crippen molar-refractivity contribution in [3.8, 4) is 17.0 Å². The second kappa shape index (κ2) is 8.86. The quantitative estimate of drug-likeness (QED) is 0.530. The summed E-state index contributed by atoms with van der Waals surface area (Å²) in [5, 5.41) is 7.84. The molecule has 1 spiro atoms. The number of nitrogens with two attached hydrogens (primary N) is 1. The summed E-state index contributed by atoms with van der Waals surface area (Å²) in [5.41, 5.74) is 6.96. The lowest BCUT2D eigenvalue weighted by atomic mass is 9.72. The summed E-state index contributed by atoms with van der Waals surface area (Å²) in [6, 6.07) is 6.66. The van der Waals surface area contributed by atoms with Gasteiger partial charge >= 0.3 is 12.4 Å². The van der Waals surface area contributed by atoms with Gasteiger partial charge in [-0.3, -0.25) is 9.67 Å². The highest BCUT2D eigenvalue weighted by atomic mass is 19.4. The molecule has 5 heterocycles. The van der Waals surface area contributed by atoms with Crippen molar-refractivity contribution < 1.29 is 27.4 Å². The molecule has 2 fully saturated rings. The van der Waals surface area contributed by atoms with Crippen molar-refractivity contribution in [2.75, 3.05) is 25.4 Å². The number of carbonyl (C=O) groups is 1. The maximum absolute atomic E-state index is 13.4. The first-order chi connectivity index (χ1) is 18.2. The van der Waals surface area contributed by atoms with Crippen LogP contribution in [0, 0.1) is 0 Å². The number of fused-ring (bicyclic) bond motifs is 2. The lowest BCUT2D eigenvalue weighted by Gasteiger charge is -2.44. The van der Waals surface area contributed by atoms with Crippen LogP contribution in [0.1, 0.15) is 36.9 Å². The zero-order valence-corrected chi connectivity index (χ0v) is 20.4. The Balaban J connectivity index is 1.23. The Hall–Kier alpha value is -3.87. The molecule has 0 bridgehead atoms. The van der Waals surface area contributed by atoms with E-state index in [-0.39, 0.29) is 11.8 Å². The van der Waals surface area contributed by atoms with Crippen molar-refractivity contribution in [2.24, 2.45) is 0 Å². The molecule has 1 saturated heterocycles. The number of aromatic nitrogens is 4. The molecular weight excluding hydrogens is 503 g/mol. The van der Waals surface area contributed by atoms with Gasteiger partial charge in [0.25, 0.3) is 0 Å². The Morgan fingerprint density at radius 1 is 1.16 bits per heavy atom. The smallest absolute Gasteiger partial charge is 0.402 e. The van der Waals surface area contributed by atoms with Gasteiger partial charge in [0.1, 0.15) is 5.60 Å². The Morgan fingerprint density at radius 2 is 1.95 bits per heavy atom. The highest BCUT2D eigenvalue weighted by Crippen LogP contribution is 2.43. The molecule has 10 nitrogen and oxygen atoms in total. The largest absolute Gasteiger partial charge is 0.573 e. The molecule has 3 N–H and O–H groups in total. The first kappa shape index (κ1) is 24.5. The second-order valence-corrected chi connectivity index (χ2v) is 9.91. The third kappa shape index (κ3) is 4.30. The number of rotatable bonds is 4. The molecule has 3 aliphatic rings. The summed E-state index contributed by atoms with van der Waals surface area (Å²) < 4.78 is 50.4. The summed E-state index contributed by atoms with van der Waals surface area (Å²) in [5.74, 6) is -0.960. The summed E-state index contributed by atoms with van der Waals surface area (Å²) in [6.07, 6.45) is 3.25. The first-order valence-electron chi connectivity index (χ1n) is 12.4. The van der Waals surface area contributed by atoms with Gasteiger partial charge in [-0.05, 0) is 49.1 Å². The van der Waals surface area contributed by atoms with E-state index in [0.29, 0.717) is 43.9 Å². The van der Waals surface area contributed by atoms with Gasteiger partial charge in [0.15, 0.2) is 11.6 Å². The highest BCUT2D eigenvalue weighted by Gasteiger charge is 2.48. The Labute approximate surface area is 215 Å². The van der Waals surface area contributed by atoms with Crippen LogP contribution in [0.15, 0.2) is 42.9 Å². The van der Waals surface area contributed by atoms with E-state index in [4.69, 9.17) is 10.5 Å². The zero-order chi connectivity index (χ0) is 26.5. The summed E-state index contributed by atoms with van der Waals surface area (Å²) in [6.45, 7) is 1.69. The van der Waals surface area contributed by atoms with Crippen LogP contribution in [0.3, 0.4) is 0 Å². The average Bonchev–Trinajstić information content (AvgIpc) is 3.49. The van der Waals surface area contributed by atoms with E-state index in [0.717, 1.165) is 30.5 Å². The Kier molecular flexibility index (Phi) is 5.70. The number of nitrogens with zero attached hydrogens (tertiary/aromatic N) is 5. The molecule has 13 heteroatoms. The highest BCUT2D eigenvalue weighted by molar-refractivity contribution is 5.76. The van der Waals surface area contributed by atoms with Crippen molar-refractivity contribution in [2.45, 2.75) is 49.7 Å². The number of likely N-dealkylation sites (tertiary alicyclic amines) is 1. The molecule has 200 valence electrons.